The van der Waals surface area contributed by atoms with Gasteiger partial charge in [-0.25, -0.2) is 0 Å². The minimum Gasteiger partial charge on any atom is -0.455 e. The van der Waals surface area contributed by atoms with Gasteiger partial charge in [-0.1, -0.05) is 226 Å². The lowest BCUT2D eigenvalue weighted by atomic mass is 9.93. The van der Waals surface area contributed by atoms with E-state index in [1.54, 1.807) is 17.8 Å². The van der Waals surface area contributed by atoms with E-state index in [0.29, 0.717) is 0 Å². The molecule has 1 atom stereocenters. The molecule has 618 valence electrons. The fourth-order valence-corrected chi connectivity index (χ4v) is 19.5. The molecule has 15 aromatic carbocycles. The van der Waals surface area contributed by atoms with E-state index in [1.165, 1.54) is 97.7 Å². The number of benzene rings is 15. The van der Waals surface area contributed by atoms with Crippen molar-refractivity contribution in [1.29, 1.82) is 0 Å². The van der Waals surface area contributed by atoms with Crippen LogP contribution in [0.3, 0.4) is 0 Å². The van der Waals surface area contributed by atoms with Crippen LogP contribution in [0.2, 0.25) is 0 Å². The number of hydrogen-bond acceptors (Lipinski definition) is 10. The first-order chi connectivity index (χ1) is 63.1. The standard InChI is InChI=1S/3C23H19N2O.C22H20N2O.C21H17N2O/c2*1-14-12-19(25(3)24-13-14)21-15(2)16-8-4-5-9-17(16)22-18-10-6-7-11-20(18)26-23(21)22;1-14-12-13-19(25(3)24-14)21-15(2)16-8-4-5-9-17(16)22-18-10-6-7-11-20(18)26-23(21)22;1-14-16-8-4-5-9-17(16)20-18-10-6-7-11-19(18)25-22(20)21(14)24-13-12-23(3)15(24)2;1-14-15-8-3-4-9-16(15)19-17-10-5-6-11-18(17)24-21(19)20(14)23-13-7-12-22(23)2/h3*4-13H,1-3H3;4-13,15H,1-3H3;3-13H,1-2H3/q3*+1;;+1/t;;;15-;/m...0./s1/i;;1D3;;. The number of anilines is 1. The average Bonchev–Trinajstić information content (AvgIpc) is 1.58. The van der Waals surface area contributed by atoms with E-state index in [2.05, 4.69) is 297 Å². The van der Waals surface area contributed by atoms with Gasteiger partial charge in [-0.2, -0.15) is 0 Å². The van der Waals surface area contributed by atoms with Crippen molar-refractivity contribution in [2.75, 3.05) is 11.9 Å². The van der Waals surface area contributed by atoms with E-state index in [9.17, 15) is 0 Å². The van der Waals surface area contributed by atoms with Crippen LogP contribution in [0.5, 0.6) is 0 Å². The molecule has 15 nitrogen and oxygen atoms in total. The summed E-state index contributed by atoms with van der Waals surface area (Å²) in [7, 11) is 9.89. The Morgan fingerprint density at radius 1 is 0.323 bits per heavy atom. The van der Waals surface area contributed by atoms with Gasteiger partial charge < -0.3 is 31.9 Å². The SMILES string of the molecule is Cc1c(-n2ccc[n+]2C)c2oc3ccccc3c2c2ccccc12.Cc1c(N2C=CN(C)[C@@H]2C)c2oc3ccccc3c2c2ccccc12.Cc1cn[n+](C)c(-c2c(C)c3ccccc3c3c2oc2ccccc23)c1.Cc1cn[n+](C)c(-c2c(C)c3ccccc3c3c2oc2ccccc23)c1.[2H]C([2H])([2H])c1ccc(-c2c(C)c3ccccc3c3c2oc2ccccc23)[n+](C)n1. The quantitative estimate of drug-likeness (QED) is 0.153. The first kappa shape index (κ1) is 75.2. The Balaban J connectivity index is 0.0000000985. The van der Waals surface area contributed by atoms with Crippen molar-refractivity contribution in [3.05, 3.63) is 355 Å². The van der Waals surface area contributed by atoms with Gasteiger partial charge >= 0.3 is 0 Å². The fraction of sp³-hybridized carbons (Fsp3) is 0.134. The van der Waals surface area contributed by atoms with Crippen molar-refractivity contribution in [3.63, 3.8) is 0 Å². The van der Waals surface area contributed by atoms with Gasteiger partial charge in [-0.15, -0.1) is 9.36 Å². The Labute approximate surface area is 737 Å². The summed E-state index contributed by atoms with van der Waals surface area (Å²) in [4.78, 5) is 4.52. The maximum absolute atomic E-state index is 7.64. The summed E-state index contributed by atoms with van der Waals surface area (Å²) in [6.07, 6.45) is 12.4. The number of para-hydroxylation sites is 5. The molecule has 24 aromatic rings. The van der Waals surface area contributed by atoms with Gasteiger partial charge in [0.05, 0.1) is 41.0 Å². The van der Waals surface area contributed by atoms with Gasteiger partial charge in [-0.05, 0) is 207 Å². The van der Waals surface area contributed by atoms with E-state index in [-0.39, 0.29) is 11.9 Å². The maximum atomic E-state index is 7.64. The minimum absolute atomic E-state index is 0.0723. The molecule has 0 saturated heterocycles. The van der Waals surface area contributed by atoms with Crippen molar-refractivity contribution in [1.82, 2.24) is 24.9 Å². The zero-order valence-electron chi connectivity index (χ0n) is 76.0. The van der Waals surface area contributed by atoms with Gasteiger partial charge in [0.1, 0.15) is 56.5 Å². The number of aromatic nitrogens is 8. The van der Waals surface area contributed by atoms with Gasteiger partial charge in [0.2, 0.25) is 17.1 Å². The van der Waals surface area contributed by atoms with E-state index >= 15 is 0 Å². The monoisotopic (exact) mass is 1660 g/mol. The summed E-state index contributed by atoms with van der Waals surface area (Å²) < 4.78 is 64.4. The van der Waals surface area contributed by atoms with E-state index in [4.69, 9.17) is 26.2 Å². The Kier molecular flexibility index (Phi) is 18.5. The lowest BCUT2D eigenvalue weighted by Gasteiger charge is -2.29. The Morgan fingerprint density at radius 3 is 0.961 bits per heavy atom. The number of furan rings is 5. The molecular formula is C112H94N10O5+4. The van der Waals surface area contributed by atoms with Crippen molar-refractivity contribution >= 4 is 169 Å². The molecular weight excluding hydrogens is 1570 g/mol. The highest BCUT2D eigenvalue weighted by Gasteiger charge is 2.32. The number of aryl methyl sites for hydroxylation is 12. The average molecular weight is 1660 g/mol. The van der Waals surface area contributed by atoms with E-state index in [0.717, 1.165) is 150 Å². The minimum atomic E-state index is -2.25. The predicted molar refractivity (Wildman–Crippen MR) is 517 cm³/mol. The zero-order valence-corrected chi connectivity index (χ0v) is 73.0. The number of rotatable bonds is 5. The first-order valence-electron chi connectivity index (χ1n) is 44.5. The van der Waals surface area contributed by atoms with Crippen molar-refractivity contribution in [2.24, 2.45) is 28.2 Å². The van der Waals surface area contributed by atoms with Gasteiger partial charge in [0.15, 0.2) is 51.2 Å². The number of hydrogen-bond donors (Lipinski definition) is 0. The lowest BCUT2D eigenvalue weighted by molar-refractivity contribution is -0.744. The Bertz CT molecular complexity index is 8580. The topological polar surface area (TPSA) is 131 Å². The second kappa shape index (κ2) is 31.3. The Hall–Kier alpha value is -15.6. The van der Waals surface area contributed by atoms with Crippen LogP contribution in [-0.4, -0.2) is 38.1 Å². The summed E-state index contributed by atoms with van der Waals surface area (Å²) in [5, 5.41) is 37.2. The van der Waals surface area contributed by atoms with Gasteiger partial charge in [0, 0.05) is 102 Å². The second-order valence-corrected chi connectivity index (χ2v) is 33.4. The van der Waals surface area contributed by atoms with Crippen LogP contribution in [0, 0.1) is 55.3 Å². The molecule has 0 fully saturated rings. The number of nitrogens with zero attached hydrogens (tertiary/aromatic N) is 10. The zero-order chi connectivity index (χ0) is 89.4. The summed E-state index contributed by atoms with van der Waals surface area (Å²) >= 11 is 0. The molecule has 0 bridgehead atoms. The van der Waals surface area contributed by atoms with Crippen LogP contribution in [0.1, 0.15) is 55.7 Å². The molecule has 9 aromatic heterocycles. The van der Waals surface area contributed by atoms with Crippen LogP contribution in [0.15, 0.2) is 332 Å². The van der Waals surface area contributed by atoms with Crippen LogP contribution in [-0.2, 0) is 28.2 Å². The van der Waals surface area contributed by atoms with Crippen molar-refractivity contribution in [2.45, 2.75) is 68.4 Å². The fourth-order valence-electron chi connectivity index (χ4n) is 19.5. The molecule has 127 heavy (non-hydrogen) atoms. The molecule has 0 aliphatic carbocycles. The third-order valence-corrected chi connectivity index (χ3v) is 25.8. The highest BCUT2D eigenvalue weighted by atomic mass is 16.3. The van der Waals surface area contributed by atoms with Gasteiger partial charge in [0.25, 0.3) is 0 Å². The van der Waals surface area contributed by atoms with Crippen LogP contribution < -0.4 is 23.6 Å². The molecule has 0 N–H and O–H groups in total. The molecule has 0 unspecified atom stereocenters. The molecule has 0 radical (unpaired) electrons. The Morgan fingerprint density at radius 2 is 0.630 bits per heavy atom. The summed E-state index contributed by atoms with van der Waals surface area (Å²) in [5.74, 6) is 0. The molecule has 0 saturated carbocycles. The van der Waals surface area contributed by atoms with E-state index in [1.807, 2.05) is 134 Å². The number of fused-ring (bicyclic) bond motifs is 25. The molecule has 1 aliphatic heterocycles. The molecule has 1 aliphatic rings. The van der Waals surface area contributed by atoms with Crippen molar-refractivity contribution in [3.8, 4) is 39.5 Å². The highest BCUT2D eigenvalue weighted by Crippen LogP contribution is 2.49. The maximum Gasteiger partial charge on any atom is 0.243 e. The largest absolute Gasteiger partial charge is 0.455 e. The smallest absolute Gasteiger partial charge is 0.243 e. The first-order valence-corrected chi connectivity index (χ1v) is 43.0. The predicted octanol–water partition coefficient (Wildman–Crippen LogP) is 26.0. The van der Waals surface area contributed by atoms with Crippen LogP contribution in [0.4, 0.5) is 5.69 Å². The molecule has 0 spiro atoms. The molecule has 10 heterocycles. The molecule has 15 heteroatoms. The van der Waals surface area contributed by atoms with E-state index < -0.39 is 6.85 Å². The molecule has 0 amide bonds. The second-order valence-electron chi connectivity index (χ2n) is 33.4. The van der Waals surface area contributed by atoms with Gasteiger partial charge in [-0.3, -0.25) is 0 Å². The summed E-state index contributed by atoms with van der Waals surface area (Å²) in [5.41, 5.74) is 25.8. The third-order valence-electron chi connectivity index (χ3n) is 25.8. The van der Waals surface area contributed by atoms with Crippen molar-refractivity contribution < 1.29 is 44.9 Å². The van der Waals surface area contributed by atoms with Crippen LogP contribution in [0.25, 0.3) is 203 Å². The van der Waals surface area contributed by atoms with Crippen LogP contribution >= 0.6 is 0 Å². The molecule has 25 rings (SSSR count). The highest BCUT2D eigenvalue weighted by molar-refractivity contribution is 6.28. The summed E-state index contributed by atoms with van der Waals surface area (Å²) in [6, 6.07) is 93.6. The normalized spacial score (nSPS) is 13.3. The lowest BCUT2D eigenvalue weighted by Crippen LogP contribution is -2.37. The summed E-state index contributed by atoms with van der Waals surface area (Å²) in [6.45, 7) is 14.9. The third kappa shape index (κ3) is 13.0.